The van der Waals surface area contributed by atoms with Crippen LogP contribution < -0.4 is 0 Å². The number of hydrogen-bond donors (Lipinski definition) is 1. The third-order valence-corrected chi connectivity index (χ3v) is 3.23. The van der Waals surface area contributed by atoms with Crippen molar-refractivity contribution in [2.75, 3.05) is 0 Å². The summed E-state index contributed by atoms with van der Waals surface area (Å²) in [7, 11) is 0. The molecule has 0 radical (unpaired) electrons. The molecule has 1 aromatic heterocycles. The van der Waals surface area contributed by atoms with E-state index in [1.807, 2.05) is 6.92 Å². The maximum atomic E-state index is 11.1. The minimum absolute atomic E-state index is 0.337. The van der Waals surface area contributed by atoms with Crippen molar-refractivity contribution in [3.8, 4) is 0 Å². The molecule has 4 heteroatoms. The molecule has 0 spiro atoms. The van der Waals surface area contributed by atoms with Crippen molar-refractivity contribution in [3.63, 3.8) is 0 Å². The Kier molecular flexibility index (Phi) is 3.27. The average Bonchev–Trinajstić information content (AvgIpc) is 2.83. The largest absolute Gasteiger partial charge is 0.477 e. The Morgan fingerprint density at radius 1 is 1.56 bits per heavy atom. The number of aromatic carboxylic acids is 1. The molecule has 0 unspecified atom stereocenters. The molecule has 0 amide bonds. The van der Waals surface area contributed by atoms with E-state index in [1.165, 1.54) is 12.8 Å². The van der Waals surface area contributed by atoms with Gasteiger partial charge in [-0.2, -0.15) is 5.10 Å². The third kappa shape index (κ3) is 2.10. The molecular formula is C12H18N2O2. The van der Waals surface area contributed by atoms with Gasteiger partial charge in [-0.1, -0.05) is 19.8 Å². The second-order valence-corrected chi connectivity index (χ2v) is 4.46. The van der Waals surface area contributed by atoms with Gasteiger partial charge >= 0.3 is 5.97 Å². The number of rotatable bonds is 4. The summed E-state index contributed by atoms with van der Waals surface area (Å²) in [5, 5.41) is 13.5. The van der Waals surface area contributed by atoms with Gasteiger partial charge in [-0.3, -0.25) is 4.68 Å². The molecule has 0 saturated heterocycles. The topological polar surface area (TPSA) is 55.1 Å². The van der Waals surface area contributed by atoms with Crippen molar-refractivity contribution in [2.45, 2.75) is 51.5 Å². The zero-order chi connectivity index (χ0) is 11.5. The van der Waals surface area contributed by atoms with Crippen molar-refractivity contribution in [2.24, 2.45) is 0 Å². The van der Waals surface area contributed by atoms with Gasteiger partial charge in [0, 0.05) is 12.5 Å². The summed E-state index contributed by atoms with van der Waals surface area (Å²) in [5.74, 6) is -0.388. The van der Waals surface area contributed by atoms with Crippen LogP contribution >= 0.6 is 0 Å². The van der Waals surface area contributed by atoms with Gasteiger partial charge in [-0.05, 0) is 25.3 Å². The lowest BCUT2D eigenvalue weighted by Crippen LogP contribution is -2.09. The maximum Gasteiger partial charge on any atom is 0.354 e. The normalized spacial score (nSPS) is 16.8. The smallest absolute Gasteiger partial charge is 0.354 e. The highest BCUT2D eigenvalue weighted by molar-refractivity contribution is 5.85. The van der Waals surface area contributed by atoms with E-state index in [2.05, 4.69) is 5.10 Å². The van der Waals surface area contributed by atoms with E-state index < -0.39 is 5.97 Å². The minimum atomic E-state index is -0.870. The van der Waals surface area contributed by atoms with E-state index in [1.54, 1.807) is 10.7 Å². The first-order valence-electron chi connectivity index (χ1n) is 6.03. The fourth-order valence-corrected chi connectivity index (χ4v) is 2.41. The van der Waals surface area contributed by atoms with Crippen LogP contribution in [0.3, 0.4) is 0 Å². The first kappa shape index (κ1) is 11.2. The van der Waals surface area contributed by atoms with Crippen molar-refractivity contribution in [1.29, 1.82) is 0 Å². The molecule has 1 aliphatic rings. The Labute approximate surface area is 95.3 Å². The van der Waals surface area contributed by atoms with E-state index in [4.69, 9.17) is 5.11 Å². The van der Waals surface area contributed by atoms with Gasteiger partial charge in [0.2, 0.25) is 0 Å². The molecule has 0 aromatic carbocycles. The summed E-state index contributed by atoms with van der Waals surface area (Å²) < 4.78 is 1.63. The Hall–Kier alpha value is -1.32. The van der Waals surface area contributed by atoms with Crippen molar-refractivity contribution in [3.05, 3.63) is 17.5 Å². The van der Waals surface area contributed by atoms with Gasteiger partial charge in [-0.25, -0.2) is 4.79 Å². The van der Waals surface area contributed by atoms with Crippen LogP contribution in [0.2, 0.25) is 0 Å². The Balaban J connectivity index is 2.26. The molecule has 0 atom stereocenters. The summed E-state index contributed by atoms with van der Waals surface area (Å²) in [6.07, 6.45) is 5.71. The summed E-state index contributed by atoms with van der Waals surface area (Å²) >= 11 is 0. The molecule has 1 aliphatic carbocycles. The molecule has 0 aliphatic heterocycles. The van der Waals surface area contributed by atoms with Gasteiger partial charge in [0.1, 0.15) is 5.69 Å². The predicted octanol–water partition coefficient (Wildman–Crippen LogP) is 2.65. The van der Waals surface area contributed by atoms with Crippen LogP contribution in [0.1, 0.15) is 61.1 Å². The molecule has 16 heavy (non-hydrogen) atoms. The standard InChI is InChI=1S/C12H18N2O2/c1-2-7-14-11(12(15)16)8-10(13-14)9-5-3-4-6-9/h8-9H,2-7H2,1H3,(H,15,16). The molecule has 1 N–H and O–H groups in total. The van der Waals surface area contributed by atoms with Crippen LogP contribution in [0.15, 0.2) is 6.07 Å². The number of carboxylic acid groups (broad SMARTS) is 1. The van der Waals surface area contributed by atoms with Gasteiger partial charge < -0.3 is 5.11 Å². The maximum absolute atomic E-state index is 11.1. The first-order chi connectivity index (χ1) is 7.72. The van der Waals surface area contributed by atoms with Gasteiger partial charge in [0.05, 0.1) is 5.69 Å². The van der Waals surface area contributed by atoms with E-state index in [0.717, 1.165) is 25.0 Å². The Morgan fingerprint density at radius 3 is 2.81 bits per heavy atom. The lowest BCUT2D eigenvalue weighted by Gasteiger charge is -2.03. The lowest BCUT2D eigenvalue weighted by molar-refractivity contribution is 0.0683. The second kappa shape index (κ2) is 4.68. The molecule has 2 rings (SSSR count). The van der Waals surface area contributed by atoms with Crippen LogP contribution in [0.25, 0.3) is 0 Å². The number of carboxylic acids is 1. The number of carbonyl (C=O) groups is 1. The third-order valence-electron chi connectivity index (χ3n) is 3.23. The number of aromatic nitrogens is 2. The second-order valence-electron chi connectivity index (χ2n) is 4.46. The number of aryl methyl sites for hydroxylation is 1. The van der Waals surface area contributed by atoms with E-state index in [9.17, 15) is 4.79 Å². The lowest BCUT2D eigenvalue weighted by atomic mass is 10.0. The molecule has 1 fully saturated rings. The predicted molar refractivity (Wildman–Crippen MR) is 60.7 cm³/mol. The summed E-state index contributed by atoms with van der Waals surface area (Å²) in [5.41, 5.74) is 1.31. The van der Waals surface area contributed by atoms with Crippen LogP contribution in [0, 0.1) is 0 Å². The van der Waals surface area contributed by atoms with E-state index >= 15 is 0 Å². The fourth-order valence-electron chi connectivity index (χ4n) is 2.41. The molecule has 1 aromatic rings. The average molecular weight is 222 g/mol. The fraction of sp³-hybridized carbons (Fsp3) is 0.667. The monoisotopic (exact) mass is 222 g/mol. The Morgan fingerprint density at radius 2 is 2.25 bits per heavy atom. The summed E-state index contributed by atoms with van der Waals surface area (Å²) in [4.78, 5) is 11.1. The van der Waals surface area contributed by atoms with E-state index in [-0.39, 0.29) is 0 Å². The highest BCUT2D eigenvalue weighted by atomic mass is 16.4. The van der Waals surface area contributed by atoms with Gasteiger partial charge in [0.25, 0.3) is 0 Å². The molecule has 0 bridgehead atoms. The summed E-state index contributed by atoms with van der Waals surface area (Å²) in [6.45, 7) is 2.72. The zero-order valence-electron chi connectivity index (χ0n) is 9.65. The number of hydrogen-bond acceptors (Lipinski definition) is 2. The SMILES string of the molecule is CCCn1nc(C2CCCC2)cc1C(=O)O. The van der Waals surface area contributed by atoms with Gasteiger partial charge in [0.15, 0.2) is 0 Å². The van der Waals surface area contributed by atoms with E-state index in [0.29, 0.717) is 18.2 Å². The van der Waals surface area contributed by atoms with Crippen LogP contribution in [0.5, 0.6) is 0 Å². The van der Waals surface area contributed by atoms with Crippen molar-refractivity contribution >= 4 is 5.97 Å². The Bertz CT molecular complexity index is 378. The summed E-state index contributed by atoms with van der Waals surface area (Å²) in [6, 6.07) is 1.76. The highest BCUT2D eigenvalue weighted by Gasteiger charge is 2.22. The molecule has 4 nitrogen and oxygen atoms in total. The van der Waals surface area contributed by atoms with Crippen LogP contribution in [0.4, 0.5) is 0 Å². The molecule has 1 heterocycles. The zero-order valence-corrected chi connectivity index (χ0v) is 9.65. The molecule has 1 saturated carbocycles. The van der Waals surface area contributed by atoms with Crippen molar-refractivity contribution in [1.82, 2.24) is 9.78 Å². The molecule has 88 valence electrons. The van der Waals surface area contributed by atoms with Crippen LogP contribution in [-0.2, 0) is 6.54 Å². The van der Waals surface area contributed by atoms with Gasteiger partial charge in [-0.15, -0.1) is 0 Å². The minimum Gasteiger partial charge on any atom is -0.477 e. The quantitative estimate of drug-likeness (QED) is 0.852. The van der Waals surface area contributed by atoms with Crippen LogP contribution in [-0.4, -0.2) is 20.9 Å². The highest BCUT2D eigenvalue weighted by Crippen LogP contribution is 2.33. The first-order valence-corrected chi connectivity index (χ1v) is 6.03. The van der Waals surface area contributed by atoms with Crippen molar-refractivity contribution < 1.29 is 9.90 Å². The molecular weight excluding hydrogens is 204 g/mol. The number of nitrogens with zero attached hydrogens (tertiary/aromatic N) is 2.